The van der Waals surface area contributed by atoms with Crippen LogP contribution >= 0.6 is 11.3 Å². The predicted octanol–water partition coefficient (Wildman–Crippen LogP) is 4.37. The van der Waals surface area contributed by atoms with Crippen molar-refractivity contribution in [1.82, 2.24) is 9.80 Å². The molecular formula is C22H30N2O2S. The number of amides is 1. The lowest BCUT2D eigenvalue weighted by Crippen LogP contribution is -2.34. The fourth-order valence-corrected chi connectivity index (χ4v) is 4.66. The number of rotatable bonds is 6. The Morgan fingerprint density at radius 2 is 1.93 bits per heavy atom. The highest BCUT2D eigenvalue weighted by Crippen LogP contribution is 2.25. The van der Waals surface area contributed by atoms with Crippen molar-refractivity contribution in [2.75, 3.05) is 33.3 Å². The van der Waals surface area contributed by atoms with Crippen molar-refractivity contribution in [3.63, 3.8) is 0 Å². The maximum Gasteiger partial charge on any atom is 0.263 e. The van der Waals surface area contributed by atoms with Crippen molar-refractivity contribution in [1.29, 1.82) is 0 Å². The van der Waals surface area contributed by atoms with Crippen LogP contribution in [0.15, 0.2) is 30.3 Å². The van der Waals surface area contributed by atoms with Gasteiger partial charge in [0.25, 0.3) is 5.91 Å². The lowest BCUT2D eigenvalue weighted by atomic mass is 10.1. The smallest absolute Gasteiger partial charge is 0.263 e. The summed E-state index contributed by atoms with van der Waals surface area (Å²) >= 11 is 1.65. The number of hydrogen-bond donors (Lipinski definition) is 0. The number of hydrogen-bond acceptors (Lipinski definition) is 4. The minimum Gasteiger partial charge on any atom is -0.497 e. The van der Waals surface area contributed by atoms with E-state index in [0.29, 0.717) is 0 Å². The van der Waals surface area contributed by atoms with E-state index in [2.05, 4.69) is 36.9 Å². The van der Waals surface area contributed by atoms with Crippen molar-refractivity contribution in [3.8, 4) is 5.75 Å². The van der Waals surface area contributed by atoms with E-state index in [1.807, 2.05) is 17.0 Å². The zero-order valence-electron chi connectivity index (χ0n) is 16.7. The normalized spacial score (nSPS) is 15.6. The zero-order chi connectivity index (χ0) is 19.2. The van der Waals surface area contributed by atoms with Gasteiger partial charge in [0.1, 0.15) is 5.75 Å². The number of nitrogens with zero attached hydrogens (tertiary/aromatic N) is 2. The Labute approximate surface area is 166 Å². The van der Waals surface area contributed by atoms with E-state index in [4.69, 9.17) is 4.74 Å². The molecule has 0 bridgehead atoms. The molecule has 0 unspecified atom stereocenters. The monoisotopic (exact) mass is 386 g/mol. The van der Waals surface area contributed by atoms with Gasteiger partial charge in [-0.2, -0.15) is 0 Å². The van der Waals surface area contributed by atoms with E-state index in [1.165, 1.54) is 16.0 Å². The molecule has 1 aromatic heterocycles. The standard InChI is InChI=1S/C22H30N2O2S/c1-4-6-19-15-21(27-17(19)2)22(25)24-12-5-11-23(13-14-24)16-18-7-9-20(26-3)10-8-18/h7-10,15H,4-6,11-14,16H2,1-3H3. The Morgan fingerprint density at radius 3 is 2.63 bits per heavy atom. The molecule has 4 nitrogen and oxygen atoms in total. The minimum absolute atomic E-state index is 0.205. The number of thiophene rings is 1. The highest BCUT2D eigenvalue weighted by molar-refractivity contribution is 7.14. The molecule has 0 saturated carbocycles. The Bertz CT molecular complexity index is 754. The molecule has 1 aromatic carbocycles. The van der Waals surface area contributed by atoms with Crippen molar-refractivity contribution in [2.24, 2.45) is 0 Å². The second-order valence-electron chi connectivity index (χ2n) is 7.21. The first kappa shape index (κ1) is 19.9. The number of methoxy groups -OCH3 is 1. The summed E-state index contributed by atoms with van der Waals surface area (Å²) < 4.78 is 5.23. The van der Waals surface area contributed by atoms with Crippen molar-refractivity contribution >= 4 is 17.2 Å². The van der Waals surface area contributed by atoms with Crippen molar-refractivity contribution < 1.29 is 9.53 Å². The first-order valence-electron chi connectivity index (χ1n) is 9.84. The Balaban J connectivity index is 1.58. The van der Waals surface area contributed by atoms with Gasteiger partial charge in [-0.3, -0.25) is 9.69 Å². The van der Waals surface area contributed by atoms with Crippen LogP contribution in [0, 0.1) is 6.92 Å². The molecule has 146 valence electrons. The van der Waals surface area contributed by atoms with Crippen LogP contribution < -0.4 is 4.74 Å². The molecule has 5 heteroatoms. The summed E-state index contributed by atoms with van der Waals surface area (Å²) in [5.74, 6) is 1.09. The van der Waals surface area contributed by atoms with Gasteiger partial charge in [0.05, 0.1) is 12.0 Å². The SMILES string of the molecule is CCCc1cc(C(=O)N2CCCN(Cc3ccc(OC)cc3)CC2)sc1C. The highest BCUT2D eigenvalue weighted by Gasteiger charge is 2.22. The van der Waals surface area contributed by atoms with E-state index in [1.54, 1.807) is 18.4 Å². The van der Waals surface area contributed by atoms with Crippen molar-refractivity contribution in [3.05, 3.63) is 51.2 Å². The Hall–Kier alpha value is -1.85. The first-order valence-corrected chi connectivity index (χ1v) is 10.7. The highest BCUT2D eigenvalue weighted by atomic mass is 32.1. The van der Waals surface area contributed by atoms with E-state index in [9.17, 15) is 4.79 Å². The second-order valence-corrected chi connectivity index (χ2v) is 8.47. The summed E-state index contributed by atoms with van der Waals surface area (Å²) in [6.07, 6.45) is 3.20. The van der Waals surface area contributed by atoms with Crippen LogP contribution in [-0.4, -0.2) is 49.0 Å². The molecule has 0 radical (unpaired) electrons. The fraction of sp³-hybridized carbons (Fsp3) is 0.500. The molecule has 0 spiro atoms. The average molecular weight is 387 g/mol. The topological polar surface area (TPSA) is 32.8 Å². The molecule has 1 fully saturated rings. The Kier molecular flexibility index (Phi) is 6.91. The summed E-state index contributed by atoms with van der Waals surface area (Å²) in [6, 6.07) is 10.4. The lowest BCUT2D eigenvalue weighted by molar-refractivity contribution is 0.0766. The van der Waals surface area contributed by atoms with Gasteiger partial charge >= 0.3 is 0 Å². The molecular weight excluding hydrogens is 356 g/mol. The van der Waals surface area contributed by atoms with E-state index < -0.39 is 0 Å². The fourth-order valence-electron chi connectivity index (χ4n) is 3.62. The van der Waals surface area contributed by atoms with Gasteiger partial charge in [-0.1, -0.05) is 25.5 Å². The minimum atomic E-state index is 0.205. The van der Waals surface area contributed by atoms with Crippen molar-refractivity contribution in [2.45, 2.75) is 39.7 Å². The third-order valence-electron chi connectivity index (χ3n) is 5.19. The zero-order valence-corrected chi connectivity index (χ0v) is 17.5. The van der Waals surface area contributed by atoms with Gasteiger partial charge in [0, 0.05) is 37.6 Å². The van der Waals surface area contributed by atoms with Gasteiger partial charge in [0.2, 0.25) is 0 Å². The number of benzene rings is 1. The number of carbonyl (C=O) groups excluding carboxylic acids is 1. The summed E-state index contributed by atoms with van der Waals surface area (Å²) in [7, 11) is 1.69. The number of carbonyl (C=O) groups is 1. The summed E-state index contributed by atoms with van der Waals surface area (Å²) in [5, 5.41) is 0. The van der Waals surface area contributed by atoms with Crippen LogP contribution in [-0.2, 0) is 13.0 Å². The third kappa shape index (κ3) is 5.11. The molecule has 3 rings (SSSR count). The number of aryl methyl sites for hydroxylation is 2. The van der Waals surface area contributed by atoms with Crippen LogP contribution in [0.4, 0.5) is 0 Å². The van der Waals surface area contributed by atoms with Gasteiger partial charge in [0.15, 0.2) is 0 Å². The summed E-state index contributed by atoms with van der Waals surface area (Å²) in [6.45, 7) is 8.83. The molecule has 27 heavy (non-hydrogen) atoms. The first-order chi connectivity index (χ1) is 13.1. The molecule has 1 aliphatic rings. The lowest BCUT2D eigenvalue weighted by Gasteiger charge is -2.21. The van der Waals surface area contributed by atoms with Crippen LogP contribution in [0.1, 0.15) is 45.4 Å². The van der Waals surface area contributed by atoms with Crippen LogP contribution in [0.2, 0.25) is 0 Å². The van der Waals surface area contributed by atoms with E-state index in [0.717, 1.165) is 62.6 Å². The third-order valence-corrected chi connectivity index (χ3v) is 6.27. The molecule has 1 amide bonds. The van der Waals surface area contributed by atoms with Gasteiger partial charge < -0.3 is 9.64 Å². The van der Waals surface area contributed by atoms with Crippen LogP contribution in [0.25, 0.3) is 0 Å². The Morgan fingerprint density at radius 1 is 1.15 bits per heavy atom. The van der Waals surface area contributed by atoms with E-state index >= 15 is 0 Å². The van der Waals surface area contributed by atoms with Crippen LogP contribution in [0.5, 0.6) is 5.75 Å². The maximum atomic E-state index is 13.0. The molecule has 2 aromatic rings. The number of ether oxygens (including phenoxy) is 1. The van der Waals surface area contributed by atoms with Gasteiger partial charge in [-0.25, -0.2) is 0 Å². The maximum absolute atomic E-state index is 13.0. The largest absolute Gasteiger partial charge is 0.497 e. The molecule has 2 heterocycles. The van der Waals surface area contributed by atoms with Crippen LogP contribution in [0.3, 0.4) is 0 Å². The average Bonchev–Trinajstić information content (AvgIpc) is 2.89. The predicted molar refractivity (Wildman–Crippen MR) is 112 cm³/mol. The molecule has 1 saturated heterocycles. The summed E-state index contributed by atoms with van der Waals surface area (Å²) in [5.41, 5.74) is 2.62. The van der Waals surface area contributed by atoms with E-state index in [-0.39, 0.29) is 5.91 Å². The molecule has 1 aliphatic heterocycles. The van der Waals surface area contributed by atoms with Gasteiger partial charge in [-0.05, 0) is 49.1 Å². The molecule has 0 N–H and O–H groups in total. The molecule has 0 aliphatic carbocycles. The quantitative estimate of drug-likeness (QED) is 0.739. The molecule has 0 atom stereocenters. The van der Waals surface area contributed by atoms with Gasteiger partial charge in [-0.15, -0.1) is 11.3 Å². The second kappa shape index (κ2) is 9.38. The summed E-state index contributed by atoms with van der Waals surface area (Å²) in [4.78, 5) is 19.6.